The van der Waals surface area contributed by atoms with Gasteiger partial charge in [0.05, 0.1) is 16.3 Å². The maximum absolute atomic E-state index is 13.3. The number of benzene rings is 2. The van der Waals surface area contributed by atoms with Crippen molar-refractivity contribution in [3.8, 4) is 5.75 Å². The van der Waals surface area contributed by atoms with Crippen LogP contribution in [-0.2, 0) is 14.8 Å². The number of rotatable bonds is 7. The maximum atomic E-state index is 13.3. The summed E-state index contributed by atoms with van der Waals surface area (Å²) < 4.78 is 33.9. The number of nitrogens with zero attached hydrogens (tertiary/aromatic N) is 3. The SMILES string of the molecule is C[C@@H](Oc1ccccc1)C(=O)Nc1cc(S(=O)(=O)N2CCCCC2)ccc1N1CCN(C)CC1. The molecule has 4 rings (SSSR count). The number of hydrogen-bond acceptors (Lipinski definition) is 6. The molecular formula is C25H34N4O4S. The number of para-hydroxylation sites is 1. The van der Waals surface area contributed by atoms with Gasteiger partial charge in [-0.15, -0.1) is 0 Å². The molecular weight excluding hydrogens is 452 g/mol. The number of sulfonamides is 1. The number of piperidine rings is 1. The summed E-state index contributed by atoms with van der Waals surface area (Å²) in [6, 6.07) is 14.3. The molecule has 1 atom stereocenters. The summed E-state index contributed by atoms with van der Waals surface area (Å²) in [5, 5.41) is 2.95. The fraction of sp³-hybridized carbons (Fsp3) is 0.480. The van der Waals surface area contributed by atoms with Gasteiger partial charge in [-0.05, 0) is 57.1 Å². The molecule has 0 aliphatic carbocycles. The first-order valence-corrected chi connectivity index (χ1v) is 13.4. The third-order valence-electron chi connectivity index (χ3n) is 6.45. The molecule has 34 heavy (non-hydrogen) atoms. The van der Waals surface area contributed by atoms with Crippen molar-refractivity contribution < 1.29 is 17.9 Å². The molecule has 1 amide bonds. The Morgan fingerprint density at radius 3 is 2.29 bits per heavy atom. The van der Waals surface area contributed by atoms with Crippen molar-refractivity contribution in [2.75, 3.05) is 56.5 Å². The molecule has 184 valence electrons. The number of amides is 1. The van der Waals surface area contributed by atoms with Crippen LogP contribution in [0.3, 0.4) is 0 Å². The van der Waals surface area contributed by atoms with Gasteiger partial charge in [0.2, 0.25) is 10.0 Å². The van der Waals surface area contributed by atoms with Gasteiger partial charge in [0, 0.05) is 39.3 Å². The number of piperazine rings is 1. The van der Waals surface area contributed by atoms with Crippen molar-refractivity contribution in [2.24, 2.45) is 0 Å². The third-order valence-corrected chi connectivity index (χ3v) is 8.34. The Labute approximate surface area is 202 Å². The first-order chi connectivity index (χ1) is 16.3. The molecule has 0 bridgehead atoms. The summed E-state index contributed by atoms with van der Waals surface area (Å²) in [5.74, 6) is 0.276. The molecule has 0 saturated carbocycles. The Hall–Kier alpha value is -2.62. The van der Waals surface area contributed by atoms with E-state index < -0.39 is 16.1 Å². The van der Waals surface area contributed by atoms with Gasteiger partial charge >= 0.3 is 0 Å². The van der Waals surface area contributed by atoms with Crippen LogP contribution in [0.1, 0.15) is 26.2 Å². The second-order valence-electron chi connectivity index (χ2n) is 9.00. The molecule has 0 unspecified atom stereocenters. The predicted molar refractivity (Wildman–Crippen MR) is 134 cm³/mol. The van der Waals surface area contributed by atoms with Gasteiger partial charge in [0.15, 0.2) is 6.10 Å². The highest BCUT2D eigenvalue weighted by Crippen LogP contribution is 2.32. The summed E-state index contributed by atoms with van der Waals surface area (Å²) in [6.07, 6.45) is 2.05. The van der Waals surface area contributed by atoms with Gasteiger partial charge < -0.3 is 19.9 Å². The number of hydrogen-bond donors (Lipinski definition) is 1. The lowest BCUT2D eigenvalue weighted by Gasteiger charge is -2.35. The van der Waals surface area contributed by atoms with Crippen LogP contribution in [-0.4, -0.2) is 76.0 Å². The standard InChI is InChI=1S/C25H34N4O4S/c1-20(33-21-9-5-3-6-10-21)25(30)26-23-19-22(34(31,32)29-13-7-4-8-14-29)11-12-24(23)28-17-15-27(2)16-18-28/h3,5-6,9-12,19-20H,4,7-8,13-18H2,1-2H3,(H,26,30)/t20-/m1/s1. The fourth-order valence-corrected chi connectivity index (χ4v) is 5.89. The van der Waals surface area contributed by atoms with Gasteiger partial charge in [0.25, 0.3) is 5.91 Å². The van der Waals surface area contributed by atoms with E-state index in [1.54, 1.807) is 35.5 Å². The second-order valence-corrected chi connectivity index (χ2v) is 10.9. The minimum atomic E-state index is -3.62. The molecule has 2 aliphatic rings. The number of likely N-dealkylation sites (N-methyl/N-ethyl adjacent to an activating group) is 1. The highest BCUT2D eigenvalue weighted by molar-refractivity contribution is 7.89. The first-order valence-electron chi connectivity index (χ1n) is 11.9. The molecule has 2 saturated heterocycles. The van der Waals surface area contributed by atoms with Crippen LogP contribution >= 0.6 is 0 Å². The molecule has 2 aromatic rings. The second kappa shape index (κ2) is 10.8. The minimum Gasteiger partial charge on any atom is -0.481 e. The summed E-state index contributed by atoms with van der Waals surface area (Å²) >= 11 is 0. The van der Waals surface area contributed by atoms with Crippen molar-refractivity contribution in [2.45, 2.75) is 37.2 Å². The minimum absolute atomic E-state index is 0.208. The van der Waals surface area contributed by atoms with Crippen LogP contribution in [0.5, 0.6) is 5.75 Å². The number of ether oxygens (including phenoxy) is 1. The Bertz CT molecular complexity index is 1080. The third kappa shape index (κ3) is 5.71. The van der Waals surface area contributed by atoms with E-state index >= 15 is 0 Å². The van der Waals surface area contributed by atoms with Crippen molar-refractivity contribution >= 4 is 27.3 Å². The number of carbonyl (C=O) groups is 1. The topological polar surface area (TPSA) is 82.2 Å². The van der Waals surface area contributed by atoms with E-state index in [-0.39, 0.29) is 10.8 Å². The molecule has 0 spiro atoms. The lowest BCUT2D eigenvalue weighted by molar-refractivity contribution is -0.122. The molecule has 2 fully saturated rings. The number of carbonyl (C=O) groups excluding carboxylic acids is 1. The van der Waals surface area contributed by atoms with E-state index in [0.29, 0.717) is 24.5 Å². The van der Waals surface area contributed by atoms with Crippen LogP contribution in [0.2, 0.25) is 0 Å². The molecule has 2 aromatic carbocycles. The molecule has 2 heterocycles. The van der Waals surface area contributed by atoms with E-state index in [1.165, 1.54) is 0 Å². The monoisotopic (exact) mass is 486 g/mol. The average molecular weight is 487 g/mol. The Kier molecular flexibility index (Phi) is 7.75. The van der Waals surface area contributed by atoms with E-state index in [2.05, 4.69) is 22.2 Å². The Morgan fingerprint density at radius 1 is 0.941 bits per heavy atom. The fourth-order valence-electron chi connectivity index (χ4n) is 4.34. The van der Waals surface area contributed by atoms with Crippen molar-refractivity contribution in [1.29, 1.82) is 0 Å². The van der Waals surface area contributed by atoms with Gasteiger partial charge in [-0.3, -0.25) is 4.79 Å². The van der Waals surface area contributed by atoms with E-state index in [4.69, 9.17) is 4.74 Å². The molecule has 9 heteroatoms. The molecule has 0 radical (unpaired) electrons. The zero-order chi connectivity index (χ0) is 24.1. The van der Waals surface area contributed by atoms with E-state index in [0.717, 1.165) is 51.1 Å². The highest BCUT2D eigenvalue weighted by atomic mass is 32.2. The summed E-state index contributed by atoms with van der Waals surface area (Å²) in [6.45, 7) is 6.15. The number of anilines is 2. The lowest BCUT2D eigenvalue weighted by atomic mass is 10.2. The van der Waals surface area contributed by atoms with Crippen molar-refractivity contribution in [1.82, 2.24) is 9.21 Å². The van der Waals surface area contributed by atoms with Crippen LogP contribution in [0.15, 0.2) is 53.4 Å². The first kappa shape index (κ1) is 24.5. The number of nitrogens with one attached hydrogen (secondary N) is 1. The van der Waals surface area contributed by atoms with Gasteiger partial charge in [-0.25, -0.2) is 8.42 Å². The molecule has 2 aliphatic heterocycles. The lowest BCUT2D eigenvalue weighted by Crippen LogP contribution is -2.45. The van der Waals surface area contributed by atoms with Crippen LogP contribution in [0.4, 0.5) is 11.4 Å². The average Bonchev–Trinajstić information content (AvgIpc) is 2.85. The van der Waals surface area contributed by atoms with Gasteiger partial charge in [-0.2, -0.15) is 4.31 Å². The smallest absolute Gasteiger partial charge is 0.265 e. The summed E-state index contributed by atoms with van der Waals surface area (Å²) in [4.78, 5) is 17.7. The van der Waals surface area contributed by atoms with Crippen LogP contribution in [0, 0.1) is 0 Å². The van der Waals surface area contributed by atoms with Crippen molar-refractivity contribution in [3.63, 3.8) is 0 Å². The Balaban J connectivity index is 1.60. The maximum Gasteiger partial charge on any atom is 0.265 e. The zero-order valence-electron chi connectivity index (χ0n) is 19.9. The van der Waals surface area contributed by atoms with Gasteiger partial charge in [-0.1, -0.05) is 24.6 Å². The highest BCUT2D eigenvalue weighted by Gasteiger charge is 2.28. The Morgan fingerprint density at radius 2 is 1.62 bits per heavy atom. The quantitative estimate of drug-likeness (QED) is 0.648. The largest absolute Gasteiger partial charge is 0.481 e. The van der Waals surface area contributed by atoms with Crippen LogP contribution in [0.25, 0.3) is 0 Å². The van der Waals surface area contributed by atoms with E-state index in [9.17, 15) is 13.2 Å². The summed E-state index contributed by atoms with van der Waals surface area (Å²) in [5.41, 5.74) is 1.32. The van der Waals surface area contributed by atoms with Crippen molar-refractivity contribution in [3.05, 3.63) is 48.5 Å². The molecule has 1 N–H and O–H groups in total. The normalized spacial score (nSPS) is 18.9. The predicted octanol–water partition coefficient (Wildman–Crippen LogP) is 3.02. The molecule has 0 aromatic heterocycles. The molecule has 8 nitrogen and oxygen atoms in total. The zero-order valence-corrected chi connectivity index (χ0v) is 20.8. The summed E-state index contributed by atoms with van der Waals surface area (Å²) in [7, 11) is -1.54. The van der Waals surface area contributed by atoms with E-state index in [1.807, 2.05) is 24.3 Å². The van der Waals surface area contributed by atoms with Gasteiger partial charge in [0.1, 0.15) is 5.75 Å². The van der Waals surface area contributed by atoms with Crippen LogP contribution < -0.4 is 15.0 Å².